The summed E-state index contributed by atoms with van der Waals surface area (Å²) < 4.78 is 10.5. The van der Waals surface area contributed by atoms with E-state index in [9.17, 15) is 9.59 Å². The molecule has 0 aliphatic rings. The highest BCUT2D eigenvalue weighted by atomic mass is 16.5. The lowest BCUT2D eigenvalue weighted by atomic mass is 10.2. The lowest BCUT2D eigenvalue weighted by Gasteiger charge is -2.23. The molecule has 2 amide bonds. The third kappa shape index (κ3) is 5.93. The number of hydrogen-bond donors (Lipinski definition) is 1. The maximum Gasteiger partial charge on any atom is 0.257 e. The number of anilines is 2. The van der Waals surface area contributed by atoms with Crippen molar-refractivity contribution in [1.29, 1.82) is 0 Å². The van der Waals surface area contributed by atoms with Crippen LogP contribution in [-0.4, -0.2) is 32.1 Å². The quantitative estimate of drug-likeness (QED) is 0.591. The molecule has 6 nitrogen and oxygen atoms in total. The van der Waals surface area contributed by atoms with Crippen molar-refractivity contribution in [3.63, 3.8) is 0 Å². The van der Waals surface area contributed by atoms with Crippen LogP contribution in [0.4, 0.5) is 11.4 Å². The lowest BCUT2D eigenvalue weighted by Crippen LogP contribution is -2.32. The van der Waals surface area contributed by atoms with Gasteiger partial charge >= 0.3 is 0 Å². The second kappa shape index (κ2) is 10.8. The number of benzene rings is 3. The Labute approximate surface area is 176 Å². The average Bonchev–Trinajstić information content (AvgIpc) is 2.79. The Morgan fingerprint density at radius 2 is 1.37 bits per heavy atom. The molecule has 0 aromatic heterocycles. The smallest absolute Gasteiger partial charge is 0.257 e. The van der Waals surface area contributed by atoms with Crippen LogP contribution in [0.5, 0.6) is 5.75 Å². The van der Waals surface area contributed by atoms with Crippen LogP contribution in [0.25, 0.3) is 0 Å². The summed E-state index contributed by atoms with van der Waals surface area (Å²) in [6.45, 7) is -0.0284. The molecular formula is C24H24N2O4. The van der Waals surface area contributed by atoms with E-state index in [0.29, 0.717) is 6.54 Å². The molecule has 30 heavy (non-hydrogen) atoms. The highest BCUT2D eigenvalue weighted by Crippen LogP contribution is 2.25. The van der Waals surface area contributed by atoms with Crippen molar-refractivity contribution in [2.24, 2.45) is 0 Å². The van der Waals surface area contributed by atoms with Gasteiger partial charge in [-0.2, -0.15) is 0 Å². The van der Waals surface area contributed by atoms with Crippen molar-refractivity contribution in [3.05, 3.63) is 90.5 Å². The molecule has 0 fully saturated rings. The summed E-state index contributed by atoms with van der Waals surface area (Å²) in [5.74, 6) is 0.216. The van der Waals surface area contributed by atoms with E-state index in [2.05, 4.69) is 5.32 Å². The zero-order chi connectivity index (χ0) is 21.2. The second-order valence-electron chi connectivity index (χ2n) is 6.52. The van der Waals surface area contributed by atoms with Gasteiger partial charge in [0.2, 0.25) is 5.91 Å². The van der Waals surface area contributed by atoms with Gasteiger partial charge in [0.25, 0.3) is 5.91 Å². The summed E-state index contributed by atoms with van der Waals surface area (Å²) in [6, 6.07) is 26.1. The van der Waals surface area contributed by atoms with E-state index in [4.69, 9.17) is 9.47 Å². The number of methoxy groups -OCH3 is 1. The fourth-order valence-corrected chi connectivity index (χ4v) is 2.88. The first-order chi connectivity index (χ1) is 14.7. The number of carbonyl (C=O) groups is 2. The molecule has 154 valence electrons. The molecule has 0 radical (unpaired) electrons. The first kappa shape index (κ1) is 21.1. The summed E-state index contributed by atoms with van der Waals surface area (Å²) in [5.41, 5.74) is 2.42. The largest absolute Gasteiger partial charge is 0.497 e. The van der Waals surface area contributed by atoms with E-state index in [1.54, 1.807) is 12.0 Å². The van der Waals surface area contributed by atoms with Crippen molar-refractivity contribution in [3.8, 4) is 5.75 Å². The van der Waals surface area contributed by atoms with Gasteiger partial charge in [-0.3, -0.25) is 14.5 Å². The Balaban J connectivity index is 1.52. The number of nitrogens with zero attached hydrogens (tertiary/aromatic N) is 1. The van der Waals surface area contributed by atoms with Crippen LogP contribution in [0, 0.1) is 0 Å². The monoisotopic (exact) mass is 404 g/mol. The minimum atomic E-state index is -0.287. The number of carbonyl (C=O) groups excluding carboxylic acids is 2. The Kier molecular flexibility index (Phi) is 7.58. The third-order valence-corrected chi connectivity index (χ3v) is 4.39. The Morgan fingerprint density at radius 1 is 0.800 bits per heavy atom. The van der Waals surface area contributed by atoms with Gasteiger partial charge in [0, 0.05) is 17.9 Å². The van der Waals surface area contributed by atoms with Gasteiger partial charge in [0.1, 0.15) is 19.0 Å². The molecule has 0 saturated carbocycles. The van der Waals surface area contributed by atoms with Gasteiger partial charge in [-0.1, -0.05) is 48.5 Å². The van der Waals surface area contributed by atoms with Gasteiger partial charge in [0.15, 0.2) is 0 Å². The van der Waals surface area contributed by atoms with Crippen molar-refractivity contribution in [2.75, 3.05) is 25.2 Å². The standard InChI is InChI=1S/C24H24N2O4/c1-29-22-14-12-19(13-15-22)16-25-23(27)17-30-18-24(28)26(20-8-4-2-5-9-20)21-10-6-3-7-11-21/h2-15H,16-18H2,1H3,(H,25,27). The molecule has 0 aliphatic carbocycles. The molecule has 3 aromatic rings. The van der Waals surface area contributed by atoms with Crippen LogP contribution in [0.2, 0.25) is 0 Å². The first-order valence-electron chi connectivity index (χ1n) is 9.58. The Bertz CT molecular complexity index is 904. The van der Waals surface area contributed by atoms with Crippen LogP contribution < -0.4 is 15.0 Å². The van der Waals surface area contributed by atoms with E-state index < -0.39 is 0 Å². The molecular weight excluding hydrogens is 380 g/mol. The number of nitrogens with one attached hydrogen (secondary N) is 1. The Hall–Kier alpha value is -3.64. The fraction of sp³-hybridized carbons (Fsp3) is 0.167. The van der Waals surface area contributed by atoms with Gasteiger partial charge in [-0.05, 0) is 42.0 Å². The van der Waals surface area contributed by atoms with Crippen molar-refractivity contribution < 1.29 is 19.1 Å². The SMILES string of the molecule is COc1ccc(CNC(=O)COCC(=O)N(c2ccccc2)c2ccccc2)cc1. The lowest BCUT2D eigenvalue weighted by molar-refractivity contribution is -0.129. The van der Waals surface area contributed by atoms with Gasteiger partial charge in [0.05, 0.1) is 7.11 Å². The van der Waals surface area contributed by atoms with Crippen LogP contribution in [0.3, 0.4) is 0 Å². The number of amides is 2. The molecule has 0 unspecified atom stereocenters. The van der Waals surface area contributed by atoms with Crippen molar-refractivity contribution >= 4 is 23.2 Å². The van der Waals surface area contributed by atoms with Crippen molar-refractivity contribution in [1.82, 2.24) is 5.32 Å². The predicted octanol–water partition coefficient (Wildman–Crippen LogP) is 3.69. The predicted molar refractivity (Wildman–Crippen MR) is 116 cm³/mol. The molecule has 3 aromatic carbocycles. The summed E-state index contributed by atoms with van der Waals surface area (Å²) in [4.78, 5) is 26.4. The number of para-hydroxylation sites is 2. The summed E-state index contributed by atoms with van der Waals surface area (Å²) >= 11 is 0. The van der Waals surface area contributed by atoms with Crippen LogP contribution >= 0.6 is 0 Å². The van der Waals surface area contributed by atoms with E-state index in [1.165, 1.54) is 0 Å². The number of ether oxygens (including phenoxy) is 2. The Morgan fingerprint density at radius 3 is 1.90 bits per heavy atom. The molecule has 0 spiro atoms. The van der Waals surface area contributed by atoms with Gasteiger partial charge < -0.3 is 14.8 Å². The fourth-order valence-electron chi connectivity index (χ4n) is 2.88. The molecule has 0 aliphatic heterocycles. The summed E-state index contributed by atoms with van der Waals surface area (Å²) in [6.07, 6.45) is 0. The minimum Gasteiger partial charge on any atom is -0.497 e. The molecule has 3 rings (SSSR count). The molecule has 0 heterocycles. The topological polar surface area (TPSA) is 67.9 Å². The maximum absolute atomic E-state index is 12.8. The normalized spacial score (nSPS) is 10.3. The second-order valence-corrected chi connectivity index (χ2v) is 6.52. The third-order valence-electron chi connectivity index (χ3n) is 4.39. The summed E-state index contributed by atoms with van der Waals surface area (Å²) in [5, 5.41) is 2.77. The maximum atomic E-state index is 12.8. The highest BCUT2D eigenvalue weighted by molar-refractivity contribution is 6.01. The summed E-state index contributed by atoms with van der Waals surface area (Å²) in [7, 11) is 1.60. The van der Waals surface area contributed by atoms with E-state index in [1.807, 2.05) is 84.9 Å². The number of hydrogen-bond acceptors (Lipinski definition) is 4. The average molecular weight is 404 g/mol. The molecule has 0 bridgehead atoms. The molecule has 1 N–H and O–H groups in total. The van der Waals surface area contributed by atoms with Crippen LogP contribution in [-0.2, 0) is 20.9 Å². The van der Waals surface area contributed by atoms with Crippen LogP contribution in [0.15, 0.2) is 84.9 Å². The number of rotatable bonds is 9. The van der Waals surface area contributed by atoms with Gasteiger partial charge in [-0.15, -0.1) is 0 Å². The zero-order valence-electron chi connectivity index (χ0n) is 16.8. The van der Waals surface area contributed by atoms with E-state index in [0.717, 1.165) is 22.7 Å². The van der Waals surface area contributed by atoms with Crippen LogP contribution in [0.1, 0.15) is 5.56 Å². The highest BCUT2D eigenvalue weighted by Gasteiger charge is 2.18. The molecule has 0 saturated heterocycles. The zero-order valence-corrected chi connectivity index (χ0v) is 16.8. The molecule has 6 heteroatoms. The van der Waals surface area contributed by atoms with E-state index >= 15 is 0 Å². The minimum absolute atomic E-state index is 0.195. The van der Waals surface area contributed by atoms with E-state index in [-0.39, 0.29) is 25.0 Å². The van der Waals surface area contributed by atoms with Crippen molar-refractivity contribution in [2.45, 2.75) is 6.54 Å². The first-order valence-corrected chi connectivity index (χ1v) is 9.58. The molecule has 0 atom stereocenters. The van der Waals surface area contributed by atoms with Gasteiger partial charge in [-0.25, -0.2) is 0 Å².